The summed E-state index contributed by atoms with van der Waals surface area (Å²) in [6.45, 7) is 16.5. The van der Waals surface area contributed by atoms with E-state index in [-0.39, 0.29) is 5.41 Å². The zero-order chi connectivity index (χ0) is 28.0. The summed E-state index contributed by atoms with van der Waals surface area (Å²) in [4.78, 5) is 26.2. The van der Waals surface area contributed by atoms with Crippen molar-refractivity contribution in [1.82, 2.24) is 19.8 Å². The summed E-state index contributed by atoms with van der Waals surface area (Å²) in [5.41, 5.74) is 8.56. The Labute approximate surface area is 234 Å². The maximum absolute atomic E-state index is 10.9. The average Bonchev–Trinajstić information content (AvgIpc) is 2.94. The molecule has 1 atom stereocenters. The molecule has 0 saturated carbocycles. The fourth-order valence-corrected chi connectivity index (χ4v) is 5.29. The number of nitrogens with one attached hydrogen (secondary N) is 1. The maximum Gasteiger partial charge on any atom is 0.150 e. The van der Waals surface area contributed by atoms with Gasteiger partial charge in [-0.2, -0.15) is 0 Å². The summed E-state index contributed by atoms with van der Waals surface area (Å²) in [5.74, 6) is 0.435. The Morgan fingerprint density at radius 3 is 2.38 bits per heavy atom. The van der Waals surface area contributed by atoms with Crippen molar-refractivity contribution in [2.24, 2.45) is 0 Å². The molecule has 0 aliphatic carbocycles. The van der Waals surface area contributed by atoms with Crippen molar-refractivity contribution in [3.05, 3.63) is 82.9 Å². The Balaban J connectivity index is 0.000000181. The minimum absolute atomic E-state index is 0.198. The number of carbonyl (C=O) groups is 1. The predicted octanol–water partition coefficient (Wildman–Crippen LogP) is 5.19. The molecule has 0 spiro atoms. The Hall–Kier alpha value is -3.29. The van der Waals surface area contributed by atoms with E-state index in [0.29, 0.717) is 5.92 Å². The van der Waals surface area contributed by atoms with Crippen molar-refractivity contribution in [2.45, 2.75) is 52.1 Å². The molecule has 1 unspecified atom stereocenters. The molecule has 2 aliphatic heterocycles. The molecule has 1 saturated heterocycles. The maximum atomic E-state index is 10.9. The number of hydrogen-bond donors (Lipinski definition) is 1. The van der Waals surface area contributed by atoms with Gasteiger partial charge >= 0.3 is 0 Å². The first-order chi connectivity index (χ1) is 18.7. The number of nitrogens with zero attached hydrogens (tertiary/aromatic N) is 5. The van der Waals surface area contributed by atoms with Crippen LogP contribution >= 0.6 is 0 Å². The van der Waals surface area contributed by atoms with Crippen LogP contribution in [0.15, 0.2) is 55.1 Å². The molecule has 2 aromatic carbocycles. The lowest BCUT2D eigenvalue weighted by molar-refractivity contribution is 0.112. The van der Waals surface area contributed by atoms with E-state index in [4.69, 9.17) is 0 Å². The van der Waals surface area contributed by atoms with Crippen LogP contribution in [0.3, 0.4) is 0 Å². The van der Waals surface area contributed by atoms with Gasteiger partial charge in [0, 0.05) is 64.1 Å². The average molecular weight is 529 g/mol. The molecule has 7 nitrogen and oxygen atoms in total. The third-order valence-corrected chi connectivity index (χ3v) is 7.75. The number of piperazine rings is 1. The third-order valence-electron chi connectivity index (χ3n) is 7.75. The van der Waals surface area contributed by atoms with Crippen molar-refractivity contribution in [3.8, 4) is 0 Å². The fourth-order valence-electron chi connectivity index (χ4n) is 5.29. The highest BCUT2D eigenvalue weighted by Gasteiger charge is 2.23. The lowest BCUT2D eigenvalue weighted by atomic mass is 9.85. The Morgan fingerprint density at radius 2 is 1.74 bits per heavy atom. The van der Waals surface area contributed by atoms with Gasteiger partial charge in [0.1, 0.15) is 12.6 Å². The highest BCUT2D eigenvalue weighted by atomic mass is 16.1. The summed E-state index contributed by atoms with van der Waals surface area (Å²) < 4.78 is 0. The molecule has 7 heteroatoms. The molecule has 1 N–H and O–H groups in total. The van der Waals surface area contributed by atoms with Crippen LogP contribution in [0.25, 0.3) is 0 Å². The van der Waals surface area contributed by atoms with Gasteiger partial charge in [-0.25, -0.2) is 9.97 Å². The van der Waals surface area contributed by atoms with Crippen molar-refractivity contribution in [3.63, 3.8) is 0 Å². The predicted molar refractivity (Wildman–Crippen MR) is 161 cm³/mol. The molecule has 1 aromatic heterocycles. The van der Waals surface area contributed by atoms with Crippen LogP contribution in [-0.2, 0) is 18.5 Å². The van der Waals surface area contributed by atoms with Gasteiger partial charge in [0.15, 0.2) is 0 Å². The minimum Gasteiger partial charge on any atom is -0.388 e. The number of benzene rings is 2. The number of likely N-dealkylation sites (N-methyl/N-ethyl adjacent to an activating group) is 1. The zero-order valence-corrected chi connectivity index (χ0v) is 24.4. The number of aldehydes is 1. The monoisotopic (exact) mass is 528 g/mol. The van der Waals surface area contributed by atoms with Crippen LogP contribution in [0.1, 0.15) is 66.2 Å². The lowest BCUT2D eigenvalue weighted by Gasteiger charge is -2.34. The first-order valence-corrected chi connectivity index (χ1v) is 14.0. The normalized spacial score (nSPS) is 18.1. The van der Waals surface area contributed by atoms with Gasteiger partial charge in [-0.1, -0.05) is 45.9 Å². The van der Waals surface area contributed by atoms with Crippen LogP contribution in [-0.4, -0.2) is 72.9 Å². The molecule has 5 rings (SSSR count). The molecule has 0 amide bonds. The number of rotatable bonds is 5. The fraction of sp³-hybridized carbons (Fsp3) is 0.469. The second-order valence-electron chi connectivity index (χ2n) is 12.0. The van der Waals surface area contributed by atoms with E-state index < -0.39 is 0 Å². The van der Waals surface area contributed by atoms with E-state index in [2.05, 4.69) is 89.0 Å². The third kappa shape index (κ3) is 7.64. The molecule has 3 aromatic rings. The Morgan fingerprint density at radius 1 is 1.03 bits per heavy atom. The minimum atomic E-state index is 0.198. The molecule has 39 heavy (non-hydrogen) atoms. The van der Waals surface area contributed by atoms with E-state index in [1.165, 1.54) is 60.4 Å². The quantitative estimate of drug-likeness (QED) is 0.458. The van der Waals surface area contributed by atoms with E-state index in [1.54, 1.807) is 0 Å². The largest absolute Gasteiger partial charge is 0.388 e. The number of aromatic nitrogens is 2. The van der Waals surface area contributed by atoms with Gasteiger partial charge in [0.2, 0.25) is 0 Å². The first kappa shape index (κ1) is 28.7. The second-order valence-corrected chi connectivity index (χ2v) is 12.0. The number of anilines is 2. The molecule has 1 fully saturated rings. The van der Waals surface area contributed by atoms with Gasteiger partial charge < -0.3 is 15.1 Å². The SMILES string of the molecule is CC1CN(c2cncnc2)Cc2cc(C=O)ccc21.CNc1cc(CN2CCN(C)CC2)cc(C(C)(C)C)c1. The number of hydrogen-bond acceptors (Lipinski definition) is 7. The van der Waals surface area contributed by atoms with Crippen molar-refractivity contribution >= 4 is 17.7 Å². The second kappa shape index (κ2) is 12.7. The molecular formula is C32H44N6O. The smallest absolute Gasteiger partial charge is 0.150 e. The van der Waals surface area contributed by atoms with Gasteiger partial charge in [-0.15, -0.1) is 0 Å². The van der Waals surface area contributed by atoms with Crippen LogP contribution < -0.4 is 10.2 Å². The standard InChI is InChI=1S/C17H29N3.C15H15N3O/c1-17(2,3)15-10-14(11-16(12-15)18-4)13-20-8-6-19(5)7-9-20;1-11-7-18(14-5-16-10-17-6-14)8-13-4-12(9-19)2-3-15(11)13/h10-12,18H,6-9,13H2,1-5H3;2-6,9-11H,7-8H2,1H3. The molecular weight excluding hydrogens is 484 g/mol. The van der Waals surface area contributed by atoms with Crippen LogP contribution in [0, 0.1) is 0 Å². The van der Waals surface area contributed by atoms with Crippen molar-refractivity contribution < 1.29 is 4.79 Å². The summed E-state index contributed by atoms with van der Waals surface area (Å²) in [5, 5.41) is 3.30. The van der Waals surface area contributed by atoms with Crippen LogP contribution in [0.2, 0.25) is 0 Å². The van der Waals surface area contributed by atoms with E-state index >= 15 is 0 Å². The Kier molecular flexibility index (Phi) is 9.36. The molecule has 3 heterocycles. The van der Waals surface area contributed by atoms with E-state index in [0.717, 1.165) is 37.2 Å². The van der Waals surface area contributed by atoms with Gasteiger partial charge in [-0.05, 0) is 58.8 Å². The molecule has 208 valence electrons. The zero-order valence-electron chi connectivity index (χ0n) is 24.4. The van der Waals surface area contributed by atoms with E-state index in [1.807, 2.05) is 31.6 Å². The van der Waals surface area contributed by atoms with Gasteiger partial charge in [0.25, 0.3) is 0 Å². The molecule has 0 radical (unpaired) electrons. The van der Waals surface area contributed by atoms with Crippen molar-refractivity contribution in [1.29, 1.82) is 0 Å². The first-order valence-electron chi connectivity index (χ1n) is 14.0. The lowest BCUT2D eigenvalue weighted by Crippen LogP contribution is -2.43. The summed E-state index contributed by atoms with van der Waals surface area (Å²) in [6.07, 6.45) is 6.09. The van der Waals surface area contributed by atoms with Gasteiger partial charge in [-0.3, -0.25) is 9.69 Å². The highest BCUT2D eigenvalue weighted by Crippen LogP contribution is 2.31. The summed E-state index contributed by atoms with van der Waals surface area (Å²) >= 11 is 0. The van der Waals surface area contributed by atoms with Crippen LogP contribution in [0.4, 0.5) is 11.4 Å². The topological polar surface area (TPSA) is 64.6 Å². The Bertz CT molecular complexity index is 1230. The summed E-state index contributed by atoms with van der Waals surface area (Å²) in [7, 11) is 4.21. The number of carbonyl (C=O) groups excluding carboxylic acids is 1. The van der Waals surface area contributed by atoms with Gasteiger partial charge in [0.05, 0.1) is 18.1 Å². The summed E-state index contributed by atoms with van der Waals surface area (Å²) in [6, 6.07) is 12.9. The molecule has 0 bridgehead atoms. The van der Waals surface area contributed by atoms with E-state index in [9.17, 15) is 4.79 Å². The molecule has 2 aliphatic rings. The van der Waals surface area contributed by atoms with Crippen molar-refractivity contribution in [2.75, 3.05) is 57.0 Å². The number of fused-ring (bicyclic) bond motifs is 1. The highest BCUT2D eigenvalue weighted by molar-refractivity contribution is 5.75. The van der Waals surface area contributed by atoms with Crippen LogP contribution in [0.5, 0.6) is 0 Å².